The summed E-state index contributed by atoms with van der Waals surface area (Å²) >= 11 is 0. The monoisotopic (exact) mass is 338 g/mol. The molecule has 1 heterocycles. The number of carbonyl (C=O) groups is 2. The molecule has 5 heteroatoms. The molecule has 2 unspecified atom stereocenters. The standard InChI is InChI=1S/C20H22N2O3/c21-19(24)15-8-10-16(11-9-15)20(25)22-12-4-7-17(22)13-18(23)14-5-2-1-3-6-14/h1-3,5-6,8-11,17-18,23H,4,7,12-13H2,(H2,21,24). The van der Waals surface area contributed by atoms with Gasteiger partial charge in [0.2, 0.25) is 5.91 Å². The van der Waals surface area contributed by atoms with Gasteiger partial charge in [-0.25, -0.2) is 0 Å². The van der Waals surface area contributed by atoms with E-state index in [2.05, 4.69) is 0 Å². The van der Waals surface area contributed by atoms with Crippen LogP contribution in [0, 0.1) is 0 Å². The number of nitrogens with two attached hydrogens (primary N) is 1. The van der Waals surface area contributed by atoms with E-state index < -0.39 is 12.0 Å². The van der Waals surface area contributed by atoms with Crippen LogP contribution in [0.25, 0.3) is 0 Å². The minimum absolute atomic E-state index is 0.0125. The van der Waals surface area contributed by atoms with Gasteiger partial charge in [-0.1, -0.05) is 30.3 Å². The van der Waals surface area contributed by atoms with Crippen LogP contribution in [0.2, 0.25) is 0 Å². The van der Waals surface area contributed by atoms with Crippen LogP contribution in [-0.4, -0.2) is 34.4 Å². The summed E-state index contributed by atoms with van der Waals surface area (Å²) in [4.78, 5) is 25.8. The van der Waals surface area contributed by atoms with Crippen LogP contribution in [0.3, 0.4) is 0 Å². The molecule has 0 bridgehead atoms. The molecule has 2 amide bonds. The van der Waals surface area contributed by atoms with Crippen molar-refractivity contribution in [3.8, 4) is 0 Å². The molecule has 2 aromatic rings. The highest BCUT2D eigenvalue weighted by molar-refractivity contribution is 5.97. The van der Waals surface area contributed by atoms with Gasteiger partial charge in [-0.15, -0.1) is 0 Å². The first-order valence-corrected chi connectivity index (χ1v) is 8.50. The van der Waals surface area contributed by atoms with Gasteiger partial charge in [0, 0.05) is 23.7 Å². The smallest absolute Gasteiger partial charge is 0.254 e. The molecule has 25 heavy (non-hydrogen) atoms. The topological polar surface area (TPSA) is 83.6 Å². The Morgan fingerprint density at radius 2 is 1.72 bits per heavy atom. The normalized spacial score (nSPS) is 18.1. The maximum absolute atomic E-state index is 12.8. The molecule has 0 aliphatic carbocycles. The summed E-state index contributed by atoms with van der Waals surface area (Å²) in [5.74, 6) is -0.581. The van der Waals surface area contributed by atoms with E-state index in [0.29, 0.717) is 24.1 Å². The van der Waals surface area contributed by atoms with Crippen molar-refractivity contribution >= 4 is 11.8 Å². The third-order valence-corrected chi connectivity index (χ3v) is 4.73. The molecule has 130 valence electrons. The molecular formula is C20H22N2O3. The van der Waals surface area contributed by atoms with E-state index in [9.17, 15) is 14.7 Å². The van der Waals surface area contributed by atoms with Gasteiger partial charge in [-0.3, -0.25) is 9.59 Å². The number of aliphatic hydroxyl groups is 1. The van der Waals surface area contributed by atoms with Gasteiger partial charge in [0.25, 0.3) is 5.91 Å². The molecule has 0 radical (unpaired) electrons. The second-order valence-electron chi connectivity index (χ2n) is 6.40. The molecule has 3 N–H and O–H groups in total. The lowest BCUT2D eigenvalue weighted by atomic mass is 10.00. The highest BCUT2D eigenvalue weighted by Crippen LogP contribution is 2.28. The SMILES string of the molecule is NC(=O)c1ccc(C(=O)N2CCCC2CC(O)c2ccccc2)cc1. The van der Waals surface area contributed by atoms with Crippen molar-refractivity contribution in [1.29, 1.82) is 0 Å². The molecule has 2 aromatic carbocycles. The molecule has 1 saturated heterocycles. The summed E-state index contributed by atoms with van der Waals surface area (Å²) in [6, 6.07) is 15.9. The number of hydrogen-bond donors (Lipinski definition) is 2. The highest BCUT2D eigenvalue weighted by Gasteiger charge is 2.31. The number of carbonyl (C=O) groups excluding carboxylic acids is 2. The first kappa shape index (κ1) is 17.2. The lowest BCUT2D eigenvalue weighted by molar-refractivity contribution is 0.0666. The average Bonchev–Trinajstić information content (AvgIpc) is 3.10. The Balaban J connectivity index is 1.70. The van der Waals surface area contributed by atoms with Crippen molar-refractivity contribution in [1.82, 2.24) is 4.90 Å². The minimum Gasteiger partial charge on any atom is -0.388 e. The van der Waals surface area contributed by atoms with E-state index in [4.69, 9.17) is 5.73 Å². The summed E-state index contributed by atoms with van der Waals surface area (Å²) in [6.45, 7) is 0.683. The van der Waals surface area contributed by atoms with E-state index >= 15 is 0 Å². The number of likely N-dealkylation sites (tertiary alicyclic amines) is 1. The zero-order valence-corrected chi connectivity index (χ0v) is 14.0. The van der Waals surface area contributed by atoms with Crippen molar-refractivity contribution < 1.29 is 14.7 Å². The maximum Gasteiger partial charge on any atom is 0.254 e. The lowest BCUT2D eigenvalue weighted by Crippen LogP contribution is -2.36. The van der Waals surface area contributed by atoms with Crippen LogP contribution in [0.4, 0.5) is 0 Å². The molecule has 5 nitrogen and oxygen atoms in total. The number of rotatable bonds is 5. The Hall–Kier alpha value is -2.66. The Morgan fingerprint density at radius 3 is 2.36 bits per heavy atom. The van der Waals surface area contributed by atoms with Gasteiger partial charge in [0.15, 0.2) is 0 Å². The Bertz CT molecular complexity index is 743. The van der Waals surface area contributed by atoms with Crippen molar-refractivity contribution in [2.24, 2.45) is 5.73 Å². The Labute approximate surface area is 147 Å². The van der Waals surface area contributed by atoms with Crippen LogP contribution in [0.1, 0.15) is 51.6 Å². The zero-order valence-electron chi connectivity index (χ0n) is 14.0. The number of aliphatic hydroxyl groups excluding tert-OH is 1. The van der Waals surface area contributed by atoms with Crippen LogP contribution < -0.4 is 5.73 Å². The average molecular weight is 338 g/mol. The van der Waals surface area contributed by atoms with Gasteiger partial charge < -0.3 is 15.7 Å². The molecule has 1 fully saturated rings. The van der Waals surface area contributed by atoms with E-state index in [1.165, 1.54) is 0 Å². The van der Waals surface area contributed by atoms with Crippen LogP contribution in [-0.2, 0) is 0 Å². The largest absolute Gasteiger partial charge is 0.388 e. The summed E-state index contributed by atoms with van der Waals surface area (Å²) in [5, 5.41) is 10.5. The summed E-state index contributed by atoms with van der Waals surface area (Å²) in [5.41, 5.74) is 7.02. The van der Waals surface area contributed by atoms with Gasteiger partial charge in [0.1, 0.15) is 0 Å². The molecule has 1 aliphatic heterocycles. The van der Waals surface area contributed by atoms with Gasteiger partial charge >= 0.3 is 0 Å². The highest BCUT2D eigenvalue weighted by atomic mass is 16.3. The van der Waals surface area contributed by atoms with Gasteiger partial charge in [0.05, 0.1) is 6.10 Å². The second-order valence-corrected chi connectivity index (χ2v) is 6.40. The van der Waals surface area contributed by atoms with E-state index in [-0.39, 0.29) is 11.9 Å². The fourth-order valence-electron chi connectivity index (χ4n) is 3.36. The fourth-order valence-corrected chi connectivity index (χ4v) is 3.36. The van der Waals surface area contributed by atoms with Gasteiger partial charge in [-0.2, -0.15) is 0 Å². The van der Waals surface area contributed by atoms with Crippen molar-refractivity contribution in [3.05, 3.63) is 71.3 Å². The van der Waals surface area contributed by atoms with E-state index in [1.807, 2.05) is 35.2 Å². The number of hydrogen-bond acceptors (Lipinski definition) is 3. The summed E-state index contributed by atoms with van der Waals surface area (Å²) < 4.78 is 0. The predicted octanol–water partition coefficient (Wildman–Crippen LogP) is 2.51. The first-order chi connectivity index (χ1) is 12.1. The molecule has 0 aromatic heterocycles. The zero-order chi connectivity index (χ0) is 17.8. The fraction of sp³-hybridized carbons (Fsp3) is 0.300. The number of primary amides is 1. The quantitative estimate of drug-likeness (QED) is 0.878. The summed E-state index contributed by atoms with van der Waals surface area (Å²) in [6.07, 6.45) is 1.75. The first-order valence-electron chi connectivity index (χ1n) is 8.50. The number of amides is 2. The minimum atomic E-state index is -0.586. The van der Waals surface area contributed by atoms with Crippen LogP contribution >= 0.6 is 0 Å². The Morgan fingerprint density at radius 1 is 1.08 bits per heavy atom. The van der Waals surface area contributed by atoms with Crippen molar-refractivity contribution in [2.75, 3.05) is 6.54 Å². The van der Waals surface area contributed by atoms with Crippen molar-refractivity contribution in [2.45, 2.75) is 31.4 Å². The molecule has 1 aliphatic rings. The maximum atomic E-state index is 12.8. The van der Waals surface area contributed by atoms with Crippen LogP contribution in [0.15, 0.2) is 54.6 Å². The third kappa shape index (κ3) is 3.88. The lowest BCUT2D eigenvalue weighted by Gasteiger charge is -2.27. The number of nitrogens with zero attached hydrogens (tertiary/aromatic N) is 1. The van der Waals surface area contributed by atoms with E-state index in [1.54, 1.807) is 24.3 Å². The van der Waals surface area contributed by atoms with Gasteiger partial charge in [-0.05, 0) is 49.1 Å². The van der Waals surface area contributed by atoms with E-state index in [0.717, 1.165) is 18.4 Å². The molecule has 0 saturated carbocycles. The predicted molar refractivity (Wildman–Crippen MR) is 95.0 cm³/mol. The third-order valence-electron chi connectivity index (χ3n) is 4.73. The number of benzene rings is 2. The molecule has 2 atom stereocenters. The summed E-state index contributed by atoms with van der Waals surface area (Å²) in [7, 11) is 0. The Kier molecular flexibility index (Phi) is 5.14. The molecular weight excluding hydrogens is 316 g/mol. The van der Waals surface area contributed by atoms with Crippen molar-refractivity contribution in [3.63, 3.8) is 0 Å². The molecule has 3 rings (SSSR count). The second kappa shape index (κ2) is 7.49. The molecule has 0 spiro atoms. The van der Waals surface area contributed by atoms with Crippen LogP contribution in [0.5, 0.6) is 0 Å².